The molecule has 1 saturated heterocycles. The highest BCUT2D eigenvalue weighted by Gasteiger charge is 2.44. The Labute approximate surface area is 390 Å². The molecule has 2 fully saturated rings. The van der Waals surface area contributed by atoms with Gasteiger partial charge in [0, 0.05) is 40.7 Å². The molecule has 0 bridgehead atoms. The number of nitrogens with zero attached hydrogens (tertiary/aromatic N) is 2. The van der Waals surface area contributed by atoms with E-state index in [0.717, 1.165) is 31.2 Å². The molecular weight excluding hydrogens is 847 g/mol. The lowest BCUT2D eigenvalue weighted by atomic mass is 9.88. The fourth-order valence-electron chi connectivity index (χ4n) is 9.98. The summed E-state index contributed by atoms with van der Waals surface area (Å²) in [5.74, 6) is -5.33. The minimum Gasteiger partial charge on any atom is -0.480 e. The molecule has 4 N–H and O–H groups in total. The summed E-state index contributed by atoms with van der Waals surface area (Å²) in [6.07, 6.45) is 8.50. The Bertz CT molecular complexity index is 1850. The molecule has 5 amide bonds. The zero-order valence-electron chi connectivity index (χ0n) is 40.3. The number of ketones is 2. The standard InChI is InChI=1S/C50H75N5O11/c1-30(2)43(52-41(58)24-14-10-13-22-35-38(56)25-26-39(35)57)48(61)53-44(31(3)4)49(62)54(6)45(34-20-15-16-21-34)40(65-7)29-42(59)55-27-17-23-37(55)46(66-8)32(5)47(60)51-36(50(63)64)28-33-18-11-9-12-19-33/h9,11-12,18-19,25-26,30-32,34-37,40,43-46H,10,13-17,20-24,27-29H2,1-8H3,(H,51,60)(H,52,58)(H,53,61)(H,63,64)/t32-,36+,37+,40-,43+,44?,45+,46-/m1/s1. The number of carbonyl (C=O) groups is 8. The van der Waals surface area contributed by atoms with Crippen LogP contribution in [0.3, 0.4) is 0 Å². The van der Waals surface area contributed by atoms with Gasteiger partial charge in [0.2, 0.25) is 29.5 Å². The zero-order chi connectivity index (χ0) is 48.7. The number of carboxylic acids is 1. The SMILES string of the molecule is CO[C@H]([C@@H](C)C(=O)N[C@@H](Cc1ccccc1)C(=O)O)[C@@H]1CCCN1C(=O)C[C@@H](OC)[C@H](C1CCCC1)N(C)C(=O)C(NC(=O)[C@@H](NC(=O)CCCCCC1C(=O)C=CC1=O)C(C)C)C(C)C. The van der Waals surface area contributed by atoms with Crippen LogP contribution in [0.5, 0.6) is 0 Å². The van der Waals surface area contributed by atoms with Crippen molar-refractivity contribution in [2.24, 2.45) is 29.6 Å². The van der Waals surface area contributed by atoms with Crippen LogP contribution in [-0.4, -0.2) is 132 Å². The summed E-state index contributed by atoms with van der Waals surface area (Å²) >= 11 is 0. The average Bonchev–Trinajstić information content (AvgIpc) is 4.07. The van der Waals surface area contributed by atoms with Crippen molar-refractivity contribution in [3.63, 3.8) is 0 Å². The summed E-state index contributed by atoms with van der Waals surface area (Å²) in [6, 6.07) is 5.08. The minimum absolute atomic E-state index is 0.0293. The molecule has 1 aromatic rings. The van der Waals surface area contributed by atoms with E-state index in [1.54, 1.807) is 35.9 Å². The van der Waals surface area contributed by atoms with Gasteiger partial charge in [-0.3, -0.25) is 33.6 Å². The van der Waals surface area contributed by atoms with Crippen molar-refractivity contribution in [3.8, 4) is 0 Å². The van der Waals surface area contributed by atoms with Crippen molar-refractivity contribution < 1.29 is 52.9 Å². The Kier molecular flexibility index (Phi) is 21.0. The van der Waals surface area contributed by atoms with Crippen molar-refractivity contribution >= 4 is 47.1 Å². The molecule has 1 aromatic carbocycles. The zero-order valence-corrected chi connectivity index (χ0v) is 40.3. The highest BCUT2D eigenvalue weighted by atomic mass is 16.5. The number of carbonyl (C=O) groups excluding carboxylic acids is 7. The molecule has 2 aliphatic carbocycles. The number of nitrogens with one attached hydrogen (secondary N) is 3. The van der Waals surface area contributed by atoms with Crippen LogP contribution < -0.4 is 16.0 Å². The van der Waals surface area contributed by atoms with E-state index in [2.05, 4.69) is 16.0 Å². The van der Waals surface area contributed by atoms with Crippen LogP contribution in [0.15, 0.2) is 42.5 Å². The second-order valence-electron chi connectivity index (χ2n) is 19.1. The van der Waals surface area contributed by atoms with E-state index < -0.39 is 72.0 Å². The van der Waals surface area contributed by atoms with Gasteiger partial charge in [0.1, 0.15) is 18.1 Å². The summed E-state index contributed by atoms with van der Waals surface area (Å²) in [5.41, 5.74) is 0.768. The number of ether oxygens (including phenoxy) is 2. The first kappa shape index (κ1) is 53.7. The maximum Gasteiger partial charge on any atom is 0.326 e. The molecule has 366 valence electrons. The Morgan fingerprint density at radius 2 is 1.42 bits per heavy atom. The molecule has 1 aliphatic heterocycles. The number of amides is 5. The Morgan fingerprint density at radius 1 is 0.788 bits per heavy atom. The quantitative estimate of drug-likeness (QED) is 0.0754. The number of unbranched alkanes of at least 4 members (excludes halogenated alkanes) is 2. The van der Waals surface area contributed by atoms with E-state index in [0.29, 0.717) is 45.1 Å². The van der Waals surface area contributed by atoms with Crippen molar-refractivity contribution in [2.75, 3.05) is 27.8 Å². The summed E-state index contributed by atoms with van der Waals surface area (Å²) < 4.78 is 12.0. The maximum atomic E-state index is 14.6. The van der Waals surface area contributed by atoms with E-state index in [4.69, 9.17) is 9.47 Å². The molecule has 1 heterocycles. The fourth-order valence-corrected chi connectivity index (χ4v) is 9.98. The molecule has 0 aromatic heterocycles. The van der Waals surface area contributed by atoms with E-state index >= 15 is 0 Å². The van der Waals surface area contributed by atoms with Crippen LogP contribution in [0, 0.1) is 29.6 Å². The topological polar surface area (TPSA) is 218 Å². The third-order valence-electron chi connectivity index (χ3n) is 13.8. The molecular formula is C50H75N5O11. The molecule has 8 atom stereocenters. The molecule has 16 heteroatoms. The van der Waals surface area contributed by atoms with Crippen LogP contribution in [0.1, 0.15) is 117 Å². The minimum atomic E-state index is -1.16. The first-order chi connectivity index (χ1) is 31.4. The lowest BCUT2D eigenvalue weighted by Crippen LogP contribution is -2.60. The number of carboxylic acid groups (broad SMARTS) is 1. The molecule has 4 rings (SSSR count). The molecule has 1 unspecified atom stereocenters. The van der Waals surface area contributed by atoms with E-state index in [-0.39, 0.29) is 66.3 Å². The Balaban J connectivity index is 1.41. The highest BCUT2D eigenvalue weighted by molar-refractivity contribution is 6.18. The molecule has 3 aliphatic rings. The fraction of sp³-hybridized carbons (Fsp3) is 0.680. The maximum absolute atomic E-state index is 14.6. The van der Waals surface area contributed by atoms with Gasteiger partial charge in [-0.2, -0.15) is 0 Å². The molecule has 0 radical (unpaired) electrons. The van der Waals surface area contributed by atoms with Gasteiger partial charge in [0.15, 0.2) is 11.6 Å². The third-order valence-corrected chi connectivity index (χ3v) is 13.8. The smallest absolute Gasteiger partial charge is 0.326 e. The van der Waals surface area contributed by atoms with Crippen LogP contribution in [0.25, 0.3) is 0 Å². The van der Waals surface area contributed by atoms with Crippen LogP contribution >= 0.6 is 0 Å². The number of rotatable bonds is 26. The average molecular weight is 922 g/mol. The van der Waals surface area contributed by atoms with Crippen molar-refractivity contribution in [2.45, 2.75) is 161 Å². The molecule has 0 spiro atoms. The monoisotopic (exact) mass is 922 g/mol. The number of aliphatic carboxylic acids is 1. The summed E-state index contributed by atoms with van der Waals surface area (Å²) in [7, 11) is 4.71. The highest BCUT2D eigenvalue weighted by Crippen LogP contribution is 2.35. The van der Waals surface area contributed by atoms with Crippen molar-refractivity contribution in [1.29, 1.82) is 0 Å². The number of hydrogen-bond acceptors (Lipinski definition) is 10. The van der Waals surface area contributed by atoms with Crippen LogP contribution in [0.2, 0.25) is 0 Å². The number of benzene rings is 1. The van der Waals surface area contributed by atoms with Gasteiger partial charge in [0.25, 0.3) is 0 Å². The molecule has 1 saturated carbocycles. The van der Waals surface area contributed by atoms with E-state index in [9.17, 15) is 43.5 Å². The predicted octanol–water partition coefficient (Wildman–Crippen LogP) is 4.42. The number of likely N-dealkylation sites (tertiary alicyclic amines) is 1. The number of methoxy groups -OCH3 is 2. The first-order valence-electron chi connectivity index (χ1n) is 23.9. The second-order valence-corrected chi connectivity index (χ2v) is 19.1. The lowest BCUT2D eigenvalue weighted by Gasteiger charge is -2.41. The van der Waals surface area contributed by atoms with Crippen LogP contribution in [-0.2, 0) is 54.3 Å². The largest absolute Gasteiger partial charge is 0.480 e. The number of likely N-dealkylation sites (N-methyl/N-ethyl adjacent to an activating group) is 1. The predicted molar refractivity (Wildman–Crippen MR) is 248 cm³/mol. The van der Waals surface area contributed by atoms with Gasteiger partial charge in [0.05, 0.1) is 42.5 Å². The van der Waals surface area contributed by atoms with Gasteiger partial charge in [-0.25, -0.2) is 4.79 Å². The van der Waals surface area contributed by atoms with E-state index in [1.165, 1.54) is 26.4 Å². The summed E-state index contributed by atoms with van der Waals surface area (Å²) in [5, 5.41) is 18.4. The van der Waals surface area contributed by atoms with E-state index in [1.807, 2.05) is 45.9 Å². The number of allylic oxidation sites excluding steroid dienone is 2. The summed E-state index contributed by atoms with van der Waals surface area (Å²) in [4.78, 5) is 109. The second kappa shape index (κ2) is 25.8. The first-order valence-corrected chi connectivity index (χ1v) is 23.9. The van der Waals surface area contributed by atoms with Crippen molar-refractivity contribution in [1.82, 2.24) is 25.8 Å². The number of hydrogen-bond donors (Lipinski definition) is 4. The van der Waals surface area contributed by atoms with Crippen LogP contribution in [0.4, 0.5) is 0 Å². The van der Waals surface area contributed by atoms with Gasteiger partial charge < -0.3 is 40.3 Å². The van der Waals surface area contributed by atoms with Gasteiger partial charge in [-0.05, 0) is 74.0 Å². The van der Waals surface area contributed by atoms with Gasteiger partial charge in [-0.15, -0.1) is 0 Å². The van der Waals surface area contributed by atoms with Crippen molar-refractivity contribution in [3.05, 3.63) is 48.0 Å². The Hall–Kier alpha value is -4.96. The van der Waals surface area contributed by atoms with Gasteiger partial charge in [-0.1, -0.05) is 90.6 Å². The summed E-state index contributed by atoms with van der Waals surface area (Å²) in [6.45, 7) is 9.43. The molecule has 66 heavy (non-hydrogen) atoms. The van der Waals surface area contributed by atoms with Gasteiger partial charge >= 0.3 is 5.97 Å². The lowest BCUT2D eigenvalue weighted by molar-refractivity contribution is -0.148. The molecule has 16 nitrogen and oxygen atoms in total. The Morgan fingerprint density at radius 3 is 2.00 bits per heavy atom. The third kappa shape index (κ3) is 14.5. The normalized spacial score (nSPS) is 19.9.